The van der Waals surface area contributed by atoms with Gasteiger partial charge in [0.2, 0.25) is 11.7 Å². The zero-order chi connectivity index (χ0) is 24.4. The van der Waals surface area contributed by atoms with Crippen molar-refractivity contribution in [2.45, 2.75) is 44.1 Å². The molecule has 3 aliphatic rings. The Morgan fingerprint density at radius 1 is 1.23 bits per heavy atom. The fraction of sp³-hybridized carbons (Fsp3) is 0.500. The maximum atomic E-state index is 13.0. The van der Waals surface area contributed by atoms with E-state index < -0.39 is 5.60 Å². The van der Waals surface area contributed by atoms with Crippen molar-refractivity contribution in [1.82, 2.24) is 19.8 Å². The Balaban J connectivity index is 1.22. The molecule has 1 aromatic heterocycles. The second kappa shape index (κ2) is 9.62. The molecule has 9 nitrogen and oxygen atoms in total. The normalized spacial score (nSPS) is 23.5. The first-order valence-corrected chi connectivity index (χ1v) is 12.2. The monoisotopic (exact) mass is 475 g/mol. The molecule has 2 aromatic rings. The molecule has 3 heterocycles. The Hall–Kier alpha value is -3.51. The Kier molecular flexibility index (Phi) is 6.39. The van der Waals surface area contributed by atoms with Crippen LogP contribution in [0.1, 0.15) is 60.3 Å². The summed E-state index contributed by atoms with van der Waals surface area (Å²) < 4.78 is 11.7. The van der Waals surface area contributed by atoms with Crippen LogP contribution in [0.3, 0.4) is 0 Å². The number of ether oxygens (including phenoxy) is 2. The number of fused-ring (bicyclic) bond motifs is 2. The van der Waals surface area contributed by atoms with Crippen molar-refractivity contribution in [2.24, 2.45) is 5.92 Å². The topological polar surface area (TPSA) is 109 Å². The minimum atomic E-state index is -0.673. The maximum absolute atomic E-state index is 13.0. The van der Waals surface area contributed by atoms with Gasteiger partial charge < -0.3 is 19.3 Å². The number of nitrogens with zero attached hydrogens (tertiary/aromatic N) is 5. The van der Waals surface area contributed by atoms with Gasteiger partial charge in [-0.05, 0) is 63.7 Å². The van der Waals surface area contributed by atoms with Crippen LogP contribution in [0, 0.1) is 17.2 Å². The number of likely N-dealkylation sites (tertiary alicyclic amines) is 1. The average molecular weight is 476 g/mol. The van der Waals surface area contributed by atoms with Crippen LogP contribution in [-0.2, 0) is 15.1 Å². The van der Waals surface area contributed by atoms with E-state index in [4.69, 9.17) is 14.7 Å². The van der Waals surface area contributed by atoms with Crippen LogP contribution < -0.4 is 4.74 Å². The van der Waals surface area contributed by atoms with Crippen molar-refractivity contribution in [3.8, 4) is 17.6 Å². The lowest BCUT2D eigenvalue weighted by molar-refractivity contribution is -0.137. The zero-order valence-electron chi connectivity index (χ0n) is 19.9. The minimum Gasteiger partial charge on any atom is -0.454 e. The first-order valence-electron chi connectivity index (χ1n) is 12.2. The summed E-state index contributed by atoms with van der Waals surface area (Å²) in [7, 11) is 1.90. The smallest absolute Gasteiger partial charge is 0.339 e. The molecule has 1 saturated carbocycles. The number of nitriles is 1. The number of amides is 1. The van der Waals surface area contributed by atoms with Crippen molar-refractivity contribution in [2.75, 3.05) is 33.2 Å². The minimum absolute atomic E-state index is 0.0362. The molecular weight excluding hydrogens is 446 g/mol. The molecule has 1 aliphatic carbocycles. The molecule has 0 atom stereocenters. The van der Waals surface area contributed by atoms with Gasteiger partial charge >= 0.3 is 5.97 Å². The predicted molar refractivity (Wildman–Crippen MR) is 126 cm³/mol. The molecule has 2 aliphatic heterocycles. The van der Waals surface area contributed by atoms with Gasteiger partial charge in [0.1, 0.15) is 17.4 Å². The van der Waals surface area contributed by atoms with E-state index in [1.54, 1.807) is 12.1 Å². The molecule has 0 radical (unpaired) electrons. The third-order valence-electron chi connectivity index (χ3n) is 7.42. The second-order valence-electron chi connectivity index (χ2n) is 9.63. The summed E-state index contributed by atoms with van der Waals surface area (Å²) in [5.41, 5.74) is 0.678. The van der Waals surface area contributed by atoms with E-state index in [1.807, 2.05) is 24.1 Å². The van der Waals surface area contributed by atoms with Gasteiger partial charge in [0.25, 0.3) is 0 Å². The van der Waals surface area contributed by atoms with Gasteiger partial charge in [-0.25, -0.2) is 14.8 Å². The van der Waals surface area contributed by atoms with Crippen molar-refractivity contribution < 1.29 is 19.1 Å². The average Bonchev–Trinajstić information content (AvgIpc) is 3.50. The van der Waals surface area contributed by atoms with Crippen molar-refractivity contribution in [3.05, 3.63) is 47.5 Å². The molecule has 0 bridgehead atoms. The molecule has 1 spiro atoms. The summed E-state index contributed by atoms with van der Waals surface area (Å²) in [5.74, 6) is 0.688. The number of esters is 1. The number of carbonyl (C=O) groups is 2. The number of rotatable bonds is 6. The molecule has 1 saturated heterocycles. The van der Waals surface area contributed by atoms with Gasteiger partial charge in [-0.15, -0.1) is 0 Å². The van der Waals surface area contributed by atoms with Gasteiger partial charge in [-0.3, -0.25) is 4.79 Å². The molecule has 0 unspecified atom stereocenters. The molecule has 5 rings (SSSR count). The van der Waals surface area contributed by atoms with Gasteiger partial charge in [0.05, 0.1) is 18.0 Å². The first-order chi connectivity index (χ1) is 17.0. The van der Waals surface area contributed by atoms with E-state index in [-0.39, 0.29) is 23.6 Å². The largest absolute Gasteiger partial charge is 0.454 e. The van der Waals surface area contributed by atoms with Gasteiger partial charge in [-0.2, -0.15) is 5.26 Å². The molecule has 2 fully saturated rings. The zero-order valence-corrected chi connectivity index (χ0v) is 19.9. The fourth-order valence-corrected chi connectivity index (χ4v) is 5.43. The number of hydrogen-bond acceptors (Lipinski definition) is 8. The molecule has 35 heavy (non-hydrogen) atoms. The van der Waals surface area contributed by atoms with Crippen molar-refractivity contribution in [3.63, 3.8) is 0 Å². The SMILES string of the molecule is CN(CCN1CCCC1)C(=O)[C@H]1CC[C@@]2(CC1)OC(=O)c1cc(Oc3cnc(C#N)nc3)ccc12. The van der Waals surface area contributed by atoms with Crippen LogP contribution in [-0.4, -0.2) is 64.9 Å². The van der Waals surface area contributed by atoms with Crippen LogP contribution in [0.5, 0.6) is 11.5 Å². The van der Waals surface area contributed by atoms with Crippen LogP contribution in [0.25, 0.3) is 0 Å². The summed E-state index contributed by atoms with van der Waals surface area (Å²) in [6.45, 7) is 3.95. The summed E-state index contributed by atoms with van der Waals surface area (Å²) >= 11 is 0. The van der Waals surface area contributed by atoms with Crippen LogP contribution in [0.4, 0.5) is 0 Å². The number of carbonyl (C=O) groups excluding carboxylic acids is 2. The molecule has 182 valence electrons. The lowest BCUT2D eigenvalue weighted by Gasteiger charge is -2.37. The molecule has 9 heteroatoms. The highest BCUT2D eigenvalue weighted by Crippen LogP contribution is 2.49. The van der Waals surface area contributed by atoms with Gasteiger partial charge in [-0.1, -0.05) is 6.07 Å². The van der Waals surface area contributed by atoms with Crippen LogP contribution in [0.15, 0.2) is 30.6 Å². The Labute approximate surface area is 204 Å². The van der Waals surface area contributed by atoms with Gasteiger partial charge in [0, 0.05) is 31.6 Å². The highest BCUT2D eigenvalue weighted by Gasteiger charge is 2.48. The number of hydrogen-bond donors (Lipinski definition) is 0. The van der Waals surface area contributed by atoms with E-state index in [0.717, 1.165) is 31.7 Å². The quantitative estimate of drug-likeness (QED) is 0.586. The maximum Gasteiger partial charge on any atom is 0.339 e. The second-order valence-corrected chi connectivity index (χ2v) is 9.63. The highest BCUT2D eigenvalue weighted by atomic mass is 16.6. The molecule has 1 amide bonds. The van der Waals surface area contributed by atoms with E-state index in [9.17, 15) is 9.59 Å². The van der Waals surface area contributed by atoms with E-state index in [2.05, 4.69) is 14.9 Å². The lowest BCUT2D eigenvalue weighted by atomic mass is 9.74. The third-order valence-corrected chi connectivity index (χ3v) is 7.42. The van der Waals surface area contributed by atoms with E-state index in [1.165, 1.54) is 25.2 Å². The van der Waals surface area contributed by atoms with Crippen LogP contribution >= 0.6 is 0 Å². The fourth-order valence-electron chi connectivity index (χ4n) is 5.43. The summed E-state index contributed by atoms with van der Waals surface area (Å²) in [5, 5.41) is 8.82. The standard InChI is InChI=1S/C26H29N5O4/c1-30(12-13-31-10-2-3-11-31)24(32)18-6-8-26(9-7-18)22-5-4-19(14-21(22)25(33)35-26)34-20-16-28-23(15-27)29-17-20/h4-5,14,16-18H,2-3,6-13H2,1H3/t18-,26-. The summed E-state index contributed by atoms with van der Waals surface area (Å²) in [6.07, 6.45) is 7.98. The predicted octanol–water partition coefficient (Wildman–Crippen LogP) is 3.25. The van der Waals surface area contributed by atoms with Crippen molar-refractivity contribution >= 4 is 11.9 Å². The summed E-state index contributed by atoms with van der Waals surface area (Å²) in [4.78, 5) is 37.8. The lowest BCUT2D eigenvalue weighted by Crippen LogP contribution is -2.41. The number of benzene rings is 1. The first kappa shape index (κ1) is 23.2. The van der Waals surface area contributed by atoms with Gasteiger partial charge in [0.15, 0.2) is 5.75 Å². The van der Waals surface area contributed by atoms with E-state index >= 15 is 0 Å². The molecular formula is C26H29N5O4. The number of aromatic nitrogens is 2. The van der Waals surface area contributed by atoms with Crippen LogP contribution in [0.2, 0.25) is 0 Å². The Bertz CT molecular complexity index is 1150. The molecule has 1 aromatic carbocycles. The van der Waals surface area contributed by atoms with Crippen molar-refractivity contribution in [1.29, 1.82) is 5.26 Å². The number of likely N-dealkylation sites (N-methyl/N-ethyl adjacent to an activating group) is 1. The summed E-state index contributed by atoms with van der Waals surface area (Å²) in [6, 6.07) is 7.21. The molecule has 0 N–H and O–H groups in total. The third kappa shape index (κ3) is 4.71. The Morgan fingerprint density at radius 2 is 1.94 bits per heavy atom. The highest BCUT2D eigenvalue weighted by molar-refractivity contribution is 5.95. The Morgan fingerprint density at radius 3 is 2.63 bits per heavy atom. The van der Waals surface area contributed by atoms with E-state index in [0.29, 0.717) is 42.7 Å².